The third-order valence-corrected chi connectivity index (χ3v) is 6.25. The van der Waals surface area contributed by atoms with E-state index in [4.69, 9.17) is 4.74 Å². The van der Waals surface area contributed by atoms with E-state index >= 15 is 0 Å². The molecule has 2 heterocycles. The van der Waals surface area contributed by atoms with Crippen molar-refractivity contribution >= 4 is 10.9 Å². The molecule has 0 amide bonds. The molecule has 1 aliphatic heterocycles. The lowest BCUT2D eigenvalue weighted by molar-refractivity contribution is 0.237. The lowest BCUT2D eigenvalue weighted by atomic mass is 9.72. The van der Waals surface area contributed by atoms with Crippen LogP contribution in [0.1, 0.15) is 50.9 Å². The van der Waals surface area contributed by atoms with Crippen molar-refractivity contribution in [2.24, 2.45) is 11.8 Å². The van der Waals surface area contributed by atoms with E-state index in [1.165, 1.54) is 35.0 Å². The molecule has 3 atom stereocenters. The van der Waals surface area contributed by atoms with Gasteiger partial charge in [-0.15, -0.1) is 0 Å². The van der Waals surface area contributed by atoms with Crippen molar-refractivity contribution < 1.29 is 4.74 Å². The Morgan fingerprint density at radius 1 is 1.12 bits per heavy atom. The van der Waals surface area contributed by atoms with Gasteiger partial charge in [0.1, 0.15) is 5.75 Å². The highest BCUT2D eigenvalue weighted by atomic mass is 16.5. The second kappa shape index (κ2) is 5.96. The minimum Gasteiger partial charge on any atom is -0.497 e. The summed E-state index contributed by atoms with van der Waals surface area (Å²) in [5.74, 6) is 2.33. The zero-order valence-corrected chi connectivity index (χ0v) is 15.2. The van der Waals surface area contributed by atoms with Crippen molar-refractivity contribution in [3.8, 4) is 5.75 Å². The van der Waals surface area contributed by atoms with Gasteiger partial charge in [0, 0.05) is 16.6 Å². The Morgan fingerprint density at radius 2 is 1.92 bits per heavy atom. The normalized spacial score (nSPS) is 27.4. The molecule has 1 aromatic heterocycles. The number of hydrogen-bond donors (Lipinski definition) is 2. The fourth-order valence-corrected chi connectivity index (χ4v) is 4.71. The minimum atomic E-state index is 0.435. The molecule has 3 unspecified atom stereocenters. The molecule has 0 saturated carbocycles. The Hall–Kier alpha value is -1.74. The second-order valence-corrected chi connectivity index (χ2v) is 7.72. The van der Waals surface area contributed by atoms with Crippen molar-refractivity contribution in [3.63, 3.8) is 0 Å². The fraction of sp³-hybridized carbons (Fsp3) is 0.524. The van der Waals surface area contributed by atoms with Gasteiger partial charge in [-0.3, -0.25) is 0 Å². The van der Waals surface area contributed by atoms with Crippen LogP contribution in [-0.2, 0) is 6.42 Å². The monoisotopic (exact) mass is 324 g/mol. The van der Waals surface area contributed by atoms with Gasteiger partial charge in [0.15, 0.2) is 0 Å². The van der Waals surface area contributed by atoms with Crippen molar-refractivity contribution in [1.29, 1.82) is 0 Å². The number of hydrogen-bond acceptors (Lipinski definition) is 2. The van der Waals surface area contributed by atoms with Crippen LogP contribution in [0.3, 0.4) is 0 Å². The molecule has 2 aromatic rings. The Balaban J connectivity index is 1.76. The standard InChI is InChI=1S/C21H28N2O/c1-12-9-14(3)17(10-13(12)2)20-21-16(7-8-22-20)18-11-15(24-4)5-6-19(18)23-21/h5-6,11,14,17,20,22-23H,7-10H2,1-4H3. The summed E-state index contributed by atoms with van der Waals surface area (Å²) in [7, 11) is 1.74. The first kappa shape index (κ1) is 15.8. The molecule has 3 heteroatoms. The lowest BCUT2D eigenvalue weighted by Gasteiger charge is -2.39. The highest BCUT2D eigenvalue weighted by Gasteiger charge is 2.35. The molecule has 1 aromatic carbocycles. The number of H-pyrrole nitrogens is 1. The number of rotatable bonds is 2. The zero-order chi connectivity index (χ0) is 16.8. The van der Waals surface area contributed by atoms with E-state index in [0.29, 0.717) is 12.0 Å². The molecule has 24 heavy (non-hydrogen) atoms. The number of aromatic amines is 1. The molecule has 2 aliphatic rings. The van der Waals surface area contributed by atoms with Crippen LogP contribution >= 0.6 is 0 Å². The first-order valence-corrected chi connectivity index (χ1v) is 9.15. The SMILES string of the molecule is COc1ccc2[nH]c3c(c2c1)CCNC3C1CC(C)=C(C)CC1C. The summed E-state index contributed by atoms with van der Waals surface area (Å²) < 4.78 is 5.43. The van der Waals surface area contributed by atoms with Crippen molar-refractivity contribution in [2.45, 2.75) is 46.1 Å². The summed E-state index contributed by atoms with van der Waals surface area (Å²) in [6.07, 6.45) is 3.54. The molecule has 3 nitrogen and oxygen atoms in total. The maximum atomic E-state index is 5.43. The van der Waals surface area contributed by atoms with Gasteiger partial charge in [0.05, 0.1) is 13.2 Å². The quantitative estimate of drug-likeness (QED) is 0.783. The van der Waals surface area contributed by atoms with Gasteiger partial charge in [-0.25, -0.2) is 0 Å². The van der Waals surface area contributed by atoms with E-state index in [1.807, 2.05) is 6.07 Å². The second-order valence-electron chi connectivity index (χ2n) is 7.72. The molecule has 2 N–H and O–H groups in total. The summed E-state index contributed by atoms with van der Waals surface area (Å²) in [5.41, 5.74) is 7.32. The molecule has 4 rings (SSSR count). The maximum absolute atomic E-state index is 5.43. The van der Waals surface area contributed by atoms with Gasteiger partial charge in [0.25, 0.3) is 0 Å². The van der Waals surface area contributed by atoms with E-state index in [-0.39, 0.29) is 0 Å². The van der Waals surface area contributed by atoms with Crippen LogP contribution in [0.25, 0.3) is 10.9 Å². The third-order valence-electron chi connectivity index (χ3n) is 6.25. The number of fused-ring (bicyclic) bond motifs is 3. The van der Waals surface area contributed by atoms with Crippen LogP contribution < -0.4 is 10.1 Å². The van der Waals surface area contributed by atoms with Gasteiger partial charge in [-0.05, 0) is 75.3 Å². The topological polar surface area (TPSA) is 37.0 Å². The zero-order valence-electron chi connectivity index (χ0n) is 15.2. The van der Waals surface area contributed by atoms with Gasteiger partial charge in [0.2, 0.25) is 0 Å². The van der Waals surface area contributed by atoms with E-state index in [1.54, 1.807) is 18.3 Å². The minimum absolute atomic E-state index is 0.435. The number of allylic oxidation sites excluding steroid dienone is 2. The Kier molecular flexibility index (Phi) is 3.92. The first-order valence-electron chi connectivity index (χ1n) is 9.15. The van der Waals surface area contributed by atoms with E-state index in [9.17, 15) is 0 Å². The number of methoxy groups -OCH3 is 1. The van der Waals surface area contributed by atoms with Crippen LogP contribution in [0, 0.1) is 11.8 Å². The molecule has 0 saturated heterocycles. The van der Waals surface area contributed by atoms with Gasteiger partial charge < -0.3 is 15.0 Å². The largest absolute Gasteiger partial charge is 0.497 e. The lowest BCUT2D eigenvalue weighted by Crippen LogP contribution is -2.38. The Labute approximate surface area is 144 Å². The van der Waals surface area contributed by atoms with Gasteiger partial charge in [-0.2, -0.15) is 0 Å². The predicted molar refractivity (Wildman–Crippen MR) is 99.6 cm³/mol. The van der Waals surface area contributed by atoms with Crippen LogP contribution in [0.15, 0.2) is 29.3 Å². The molecular formula is C21H28N2O. The third kappa shape index (κ3) is 2.46. The van der Waals surface area contributed by atoms with Crippen molar-refractivity contribution in [3.05, 3.63) is 40.6 Å². The van der Waals surface area contributed by atoms with Gasteiger partial charge >= 0.3 is 0 Å². The van der Waals surface area contributed by atoms with Crippen LogP contribution in [0.2, 0.25) is 0 Å². The van der Waals surface area contributed by atoms with Gasteiger partial charge in [-0.1, -0.05) is 18.1 Å². The van der Waals surface area contributed by atoms with E-state index < -0.39 is 0 Å². The highest BCUT2D eigenvalue weighted by Crippen LogP contribution is 2.44. The average molecular weight is 324 g/mol. The summed E-state index contributed by atoms with van der Waals surface area (Å²) in [6, 6.07) is 6.83. The van der Waals surface area contributed by atoms with Crippen molar-refractivity contribution in [1.82, 2.24) is 10.3 Å². The van der Waals surface area contributed by atoms with Crippen LogP contribution in [-0.4, -0.2) is 18.6 Å². The predicted octanol–water partition coefficient (Wildman–Crippen LogP) is 4.75. The molecule has 0 fully saturated rings. The molecular weight excluding hydrogens is 296 g/mol. The maximum Gasteiger partial charge on any atom is 0.119 e. The fourth-order valence-electron chi connectivity index (χ4n) is 4.71. The summed E-state index contributed by atoms with van der Waals surface area (Å²) in [4.78, 5) is 3.73. The van der Waals surface area contributed by atoms with E-state index in [2.05, 4.69) is 43.2 Å². The molecule has 0 spiro atoms. The summed E-state index contributed by atoms with van der Waals surface area (Å²) >= 11 is 0. The molecule has 1 aliphatic carbocycles. The Bertz CT molecular complexity index is 802. The number of nitrogens with one attached hydrogen (secondary N) is 2. The van der Waals surface area contributed by atoms with E-state index in [0.717, 1.165) is 24.6 Å². The first-order chi connectivity index (χ1) is 11.6. The molecule has 0 radical (unpaired) electrons. The molecule has 128 valence electrons. The number of aromatic nitrogens is 1. The summed E-state index contributed by atoms with van der Waals surface area (Å²) in [6.45, 7) is 8.10. The number of benzene rings is 1. The Morgan fingerprint density at radius 3 is 2.71 bits per heavy atom. The highest BCUT2D eigenvalue weighted by molar-refractivity contribution is 5.86. The van der Waals surface area contributed by atoms with Crippen LogP contribution in [0.5, 0.6) is 5.75 Å². The number of ether oxygens (including phenoxy) is 1. The average Bonchev–Trinajstić information content (AvgIpc) is 2.96. The molecule has 0 bridgehead atoms. The smallest absolute Gasteiger partial charge is 0.119 e. The van der Waals surface area contributed by atoms with Crippen LogP contribution in [0.4, 0.5) is 0 Å². The summed E-state index contributed by atoms with van der Waals surface area (Å²) in [5, 5.41) is 5.15. The van der Waals surface area contributed by atoms with Crippen molar-refractivity contribution in [2.75, 3.05) is 13.7 Å².